The summed E-state index contributed by atoms with van der Waals surface area (Å²) in [4.78, 5) is 13.3. The van der Waals surface area contributed by atoms with Gasteiger partial charge in [0, 0.05) is 44.1 Å². The van der Waals surface area contributed by atoms with Crippen molar-refractivity contribution in [2.45, 2.75) is 59.4 Å². The quantitative estimate of drug-likeness (QED) is 0.345. The zero-order chi connectivity index (χ0) is 24.6. The number of fused-ring (bicyclic) bond motifs is 1. The first-order chi connectivity index (χ1) is 15.9. The number of rotatable bonds is 6. The van der Waals surface area contributed by atoms with E-state index >= 15 is 0 Å². The molecule has 4 aliphatic carbocycles. The maximum atomic E-state index is 13.7. The van der Waals surface area contributed by atoms with Crippen molar-refractivity contribution in [3.8, 4) is 5.75 Å². The lowest BCUT2D eigenvalue weighted by Gasteiger charge is -2.67. The van der Waals surface area contributed by atoms with Crippen LogP contribution in [0.5, 0.6) is 5.75 Å². The molecule has 4 fully saturated rings. The first-order valence-corrected chi connectivity index (χ1v) is 13.6. The van der Waals surface area contributed by atoms with Gasteiger partial charge in [0.1, 0.15) is 16.9 Å². The second kappa shape index (κ2) is 7.79. The molecule has 1 aromatic carbocycles. The van der Waals surface area contributed by atoms with Gasteiger partial charge in [0.25, 0.3) is 0 Å². The summed E-state index contributed by atoms with van der Waals surface area (Å²) in [6.07, 6.45) is 4.28. The number of aliphatic carboxylic acids is 1. The third-order valence-corrected chi connectivity index (χ3v) is 10.4. The van der Waals surface area contributed by atoms with Crippen LogP contribution in [-0.2, 0) is 14.8 Å². The number of sulfonamides is 1. The molecule has 1 aliphatic heterocycles. The molecule has 0 amide bonds. The van der Waals surface area contributed by atoms with Gasteiger partial charge in [0.2, 0.25) is 21.8 Å². The third-order valence-electron chi connectivity index (χ3n) is 7.77. The summed E-state index contributed by atoms with van der Waals surface area (Å²) >= 11 is 1.25. The molecule has 6 rings (SSSR count). The van der Waals surface area contributed by atoms with Crippen LogP contribution < -0.4 is 9.64 Å². The summed E-state index contributed by atoms with van der Waals surface area (Å²) in [6.45, 7) is 0.317. The molecule has 1 atom stereocenters. The average molecular weight is 519 g/mol. The van der Waals surface area contributed by atoms with Crippen molar-refractivity contribution in [2.75, 3.05) is 24.7 Å². The van der Waals surface area contributed by atoms with Crippen LogP contribution in [0.3, 0.4) is 0 Å². The number of ether oxygens (including phenoxy) is 1. The first kappa shape index (κ1) is 23.8. The number of hydrogen-bond acceptors (Lipinski definition) is 6. The first-order valence-electron chi connectivity index (χ1n) is 11.0. The minimum absolute atomic E-state index is 0.00537. The predicted molar refractivity (Wildman–Crippen MR) is 120 cm³/mol. The Hall–Kier alpha value is -1.92. The number of benzene rings is 1. The number of carboxylic acid groups (broad SMARTS) is 1. The van der Waals surface area contributed by atoms with E-state index in [-0.39, 0.29) is 29.0 Å². The fourth-order valence-corrected chi connectivity index (χ4v) is 7.87. The second-order valence-corrected chi connectivity index (χ2v) is 12.6. The van der Waals surface area contributed by atoms with Gasteiger partial charge in [-0.25, -0.2) is 22.0 Å². The normalized spacial score (nSPS) is 32.0. The molecule has 1 aromatic rings. The van der Waals surface area contributed by atoms with E-state index in [1.165, 1.54) is 29.2 Å². The molecule has 5 aliphatic rings. The number of likely N-dealkylation sites (N-methyl/N-ethyl adjacent to an activating group) is 1. The lowest BCUT2D eigenvalue weighted by molar-refractivity contribution is -0.134. The van der Waals surface area contributed by atoms with Crippen molar-refractivity contribution < 1.29 is 36.2 Å². The third kappa shape index (κ3) is 3.60. The van der Waals surface area contributed by atoms with Crippen molar-refractivity contribution in [3.63, 3.8) is 0 Å². The second-order valence-electron chi connectivity index (χ2n) is 9.79. The largest absolute Gasteiger partial charge is 0.476 e. The summed E-state index contributed by atoms with van der Waals surface area (Å²) in [6, 6.07) is 2.35. The van der Waals surface area contributed by atoms with E-state index in [9.17, 15) is 26.4 Å². The summed E-state index contributed by atoms with van der Waals surface area (Å²) in [5.74, 6) is -5.94. The smallest absolute Gasteiger partial charge is 0.368 e. The molecule has 34 heavy (non-hydrogen) atoms. The zero-order valence-electron chi connectivity index (χ0n) is 18.6. The van der Waals surface area contributed by atoms with Crippen molar-refractivity contribution in [2.24, 2.45) is 11.8 Å². The van der Waals surface area contributed by atoms with Crippen LogP contribution in [0.25, 0.3) is 0 Å². The van der Waals surface area contributed by atoms with E-state index in [1.54, 1.807) is 12.3 Å². The lowest BCUT2D eigenvalue weighted by atomic mass is 9.49. The van der Waals surface area contributed by atoms with Crippen LogP contribution in [0, 0.1) is 11.8 Å². The summed E-state index contributed by atoms with van der Waals surface area (Å²) in [5.41, 5.74) is 0.302. The molecule has 0 spiro atoms. The highest BCUT2D eigenvalue weighted by Crippen LogP contribution is 2.63. The number of alkyl halides is 2. The predicted octanol–water partition coefficient (Wildman–Crippen LogP) is 4.09. The standard InChI is InChI=1S/C22H25F3N2O5S2/c1-26-16(13-8-22(24,25)9-13)10-27(21-5-12(6-21)7-21)15-3-18(33-2)17(4-19(15)34(26,30)31)32-11-14(23)20(28)29/h3-4,11-13,16H,5-10H2,1-2H3,(H,28,29)/b14-11-/t12?,16-,21?/m0/s1. The van der Waals surface area contributed by atoms with Crippen LogP contribution in [0.1, 0.15) is 32.1 Å². The van der Waals surface area contributed by atoms with Crippen molar-refractivity contribution in [3.05, 3.63) is 24.2 Å². The fraction of sp³-hybridized carbons (Fsp3) is 0.591. The Morgan fingerprint density at radius 1 is 1.24 bits per heavy atom. The lowest BCUT2D eigenvalue weighted by Crippen LogP contribution is -2.70. The number of carbonyl (C=O) groups is 1. The molecule has 2 bridgehead atoms. The Kier molecular flexibility index (Phi) is 5.45. The minimum atomic E-state index is -4.10. The molecule has 1 heterocycles. The van der Waals surface area contributed by atoms with E-state index in [4.69, 9.17) is 9.84 Å². The highest BCUT2D eigenvalue weighted by molar-refractivity contribution is 7.98. The number of thioether (sulfide) groups is 1. The van der Waals surface area contributed by atoms with Crippen molar-refractivity contribution in [1.29, 1.82) is 0 Å². The molecule has 12 heteroatoms. The number of carboxylic acids is 1. The fourth-order valence-electron chi connectivity index (χ4n) is 5.74. The molecular weight excluding hydrogens is 493 g/mol. The molecule has 1 N–H and O–H groups in total. The van der Waals surface area contributed by atoms with Gasteiger partial charge in [-0.2, -0.15) is 8.70 Å². The Morgan fingerprint density at radius 2 is 1.88 bits per heavy atom. The van der Waals surface area contributed by atoms with Crippen molar-refractivity contribution in [1.82, 2.24) is 4.31 Å². The number of halogens is 3. The maximum Gasteiger partial charge on any atom is 0.368 e. The van der Waals surface area contributed by atoms with Crippen LogP contribution in [0.15, 0.2) is 34.0 Å². The molecule has 186 valence electrons. The zero-order valence-corrected chi connectivity index (χ0v) is 20.3. The van der Waals surface area contributed by atoms with E-state index in [0.717, 1.165) is 19.3 Å². The topological polar surface area (TPSA) is 87.1 Å². The van der Waals surface area contributed by atoms with Crippen LogP contribution in [0.2, 0.25) is 0 Å². The molecule has 7 nitrogen and oxygen atoms in total. The van der Waals surface area contributed by atoms with Gasteiger partial charge in [-0.3, -0.25) is 0 Å². The number of nitrogens with zero attached hydrogens (tertiary/aromatic N) is 2. The van der Waals surface area contributed by atoms with Crippen LogP contribution in [0.4, 0.5) is 18.9 Å². The van der Waals surface area contributed by atoms with Gasteiger partial charge in [-0.05, 0) is 43.4 Å². The Bertz CT molecular complexity index is 1160. The Morgan fingerprint density at radius 3 is 2.38 bits per heavy atom. The summed E-state index contributed by atoms with van der Waals surface area (Å²) < 4.78 is 74.8. The highest BCUT2D eigenvalue weighted by atomic mass is 32.2. The highest BCUT2D eigenvalue weighted by Gasteiger charge is 2.62. The van der Waals surface area contributed by atoms with Crippen LogP contribution in [-0.4, -0.2) is 61.2 Å². The van der Waals surface area contributed by atoms with Crippen LogP contribution >= 0.6 is 11.8 Å². The van der Waals surface area contributed by atoms with Gasteiger partial charge < -0.3 is 14.7 Å². The summed E-state index contributed by atoms with van der Waals surface area (Å²) in [5, 5.41) is 8.75. The minimum Gasteiger partial charge on any atom is -0.476 e. The van der Waals surface area contributed by atoms with E-state index < -0.39 is 39.7 Å². The molecule has 4 saturated carbocycles. The van der Waals surface area contributed by atoms with Gasteiger partial charge in [-0.15, -0.1) is 11.8 Å². The van der Waals surface area contributed by atoms with E-state index in [2.05, 4.69) is 4.90 Å². The van der Waals surface area contributed by atoms with Gasteiger partial charge >= 0.3 is 5.97 Å². The maximum absolute atomic E-state index is 13.7. The Labute approximate surface area is 200 Å². The number of anilines is 1. The van der Waals surface area contributed by atoms with Gasteiger partial charge in [-0.1, -0.05) is 0 Å². The molecule has 0 unspecified atom stereocenters. The monoisotopic (exact) mass is 518 g/mol. The van der Waals surface area contributed by atoms with E-state index in [1.807, 2.05) is 0 Å². The molecule has 0 saturated heterocycles. The summed E-state index contributed by atoms with van der Waals surface area (Å²) in [7, 11) is -2.69. The van der Waals surface area contributed by atoms with Gasteiger partial charge in [0.05, 0.1) is 10.6 Å². The van der Waals surface area contributed by atoms with Crippen molar-refractivity contribution >= 4 is 33.4 Å². The molecular formula is C22H25F3N2O5S2. The number of hydrogen-bond donors (Lipinski definition) is 1. The Balaban J connectivity index is 1.61. The molecule has 0 aromatic heterocycles. The SMILES string of the molecule is CSc1cc2c(cc1O/C=C(\F)C(=O)O)S(=O)(=O)N(C)[C@H](C1CC(F)(F)C1)CN2C12CC(C1)C2. The van der Waals surface area contributed by atoms with E-state index in [0.29, 0.717) is 29.3 Å². The van der Waals surface area contributed by atoms with Gasteiger partial charge in [0.15, 0.2) is 0 Å². The molecule has 0 radical (unpaired) electrons. The average Bonchev–Trinajstić information content (AvgIpc) is 2.76.